The molecule has 0 radical (unpaired) electrons. The Labute approximate surface area is 170 Å². The average Bonchev–Trinajstić information content (AvgIpc) is 3.12. The van der Waals surface area contributed by atoms with Crippen molar-refractivity contribution in [3.05, 3.63) is 84.2 Å². The van der Waals surface area contributed by atoms with E-state index in [1.165, 1.54) is 11.1 Å². The summed E-state index contributed by atoms with van der Waals surface area (Å²) in [4.78, 5) is 9.17. The first-order valence-electron chi connectivity index (χ1n) is 9.95. The zero-order valence-corrected chi connectivity index (χ0v) is 16.8. The smallest absolute Gasteiger partial charge is 0.227 e. The molecule has 0 fully saturated rings. The molecule has 3 heterocycles. The molecule has 0 atom stereocenters. The normalized spacial score (nSPS) is 11.6. The van der Waals surface area contributed by atoms with Crippen LogP contribution in [-0.2, 0) is 0 Å². The second kappa shape index (κ2) is 6.85. The molecular weight excluding hydrogens is 356 g/mol. The molecule has 0 amide bonds. The third-order valence-electron chi connectivity index (χ3n) is 5.53. The minimum atomic E-state index is 0.504. The number of aryl methyl sites for hydroxylation is 1. The fourth-order valence-electron chi connectivity index (χ4n) is 3.88. The van der Waals surface area contributed by atoms with Crippen molar-refractivity contribution >= 4 is 22.1 Å². The Bertz CT molecular complexity index is 1330. The summed E-state index contributed by atoms with van der Waals surface area (Å²) >= 11 is 0. The summed E-state index contributed by atoms with van der Waals surface area (Å²) in [6.45, 7) is 6.52. The molecule has 0 saturated carbocycles. The Kier molecular flexibility index (Phi) is 4.17. The van der Waals surface area contributed by atoms with Crippen molar-refractivity contribution in [2.75, 3.05) is 0 Å². The van der Waals surface area contributed by atoms with Crippen molar-refractivity contribution in [1.29, 1.82) is 0 Å². The summed E-state index contributed by atoms with van der Waals surface area (Å²) in [5, 5.41) is 2.11. The van der Waals surface area contributed by atoms with Gasteiger partial charge >= 0.3 is 0 Å². The highest BCUT2D eigenvalue weighted by atomic mass is 16.3. The van der Waals surface area contributed by atoms with Crippen molar-refractivity contribution in [3.8, 4) is 22.4 Å². The van der Waals surface area contributed by atoms with E-state index in [9.17, 15) is 0 Å². The molecule has 0 spiro atoms. The van der Waals surface area contributed by atoms with E-state index < -0.39 is 0 Å². The first-order chi connectivity index (χ1) is 14.1. The van der Waals surface area contributed by atoms with E-state index in [4.69, 9.17) is 9.40 Å². The lowest BCUT2D eigenvalue weighted by Gasteiger charge is -2.10. The summed E-state index contributed by atoms with van der Waals surface area (Å²) in [6.07, 6.45) is 3.71. The molecule has 5 rings (SSSR count). The molecule has 0 saturated heterocycles. The van der Waals surface area contributed by atoms with Gasteiger partial charge in [0.15, 0.2) is 0 Å². The summed E-state index contributed by atoms with van der Waals surface area (Å²) in [5.74, 6) is 0.504. The monoisotopic (exact) mass is 378 g/mol. The number of rotatable bonds is 3. The molecule has 3 heteroatoms. The zero-order chi connectivity index (χ0) is 20.0. The van der Waals surface area contributed by atoms with Gasteiger partial charge in [0.25, 0.3) is 0 Å². The fourth-order valence-corrected chi connectivity index (χ4v) is 3.88. The van der Waals surface area contributed by atoms with Crippen LogP contribution in [0.5, 0.6) is 0 Å². The predicted octanol–water partition coefficient (Wildman–Crippen LogP) is 7.14. The molecule has 0 aliphatic heterocycles. The Hall–Kier alpha value is -3.46. The first kappa shape index (κ1) is 17.6. The highest BCUT2D eigenvalue weighted by Gasteiger charge is 2.16. The number of furan rings is 1. The SMILES string of the molecule is Cc1ccc2c(oc3ncccc32)c1-c1ccc(-c2cccc(C(C)C)c2)cn1. The molecule has 3 aromatic heterocycles. The maximum absolute atomic E-state index is 6.12. The van der Waals surface area contributed by atoms with Crippen molar-refractivity contribution < 1.29 is 4.42 Å². The van der Waals surface area contributed by atoms with Crippen LogP contribution in [0.3, 0.4) is 0 Å². The number of benzene rings is 2. The third kappa shape index (κ3) is 2.99. The lowest BCUT2D eigenvalue weighted by molar-refractivity contribution is 0.654. The highest BCUT2D eigenvalue weighted by Crippen LogP contribution is 2.37. The Morgan fingerprint density at radius 3 is 2.52 bits per heavy atom. The standard InChI is InChI=1S/C26H22N2O/c1-16(2)18-6-4-7-19(14-18)20-10-12-23(28-15-20)24-17(3)9-11-21-22-8-5-13-27-26(22)29-25(21)24/h4-16H,1-3H3. The van der Waals surface area contributed by atoms with E-state index >= 15 is 0 Å². The number of fused-ring (bicyclic) bond motifs is 3. The molecule has 2 aromatic carbocycles. The van der Waals surface area contributed by atoms with Gasteiger partial charge in [-0.1, -0.05) is 56.3 Å². The maximum Gasteiger partial charge on any atom is 0.227 e. The van der Waals surface area contributed by atoms with Crippen LogP contribution in [0.4, 0.5) is 0 Å². The molecular formula is C26H22N2O. The van der Waals surface area contributed by atoms with Gasteiger partial charge in [0.2, 0.25) is 5.71 Å². The fraction of sp³-hybridized carbons (Fsp3) is 0.154. The minimum absolute atomic E-state index is 0.504. The second-order valence-corrected chi connectivity index (χ2v) is 7.80. The van der Waals surface area contributed by atoms with Crippen molar-refractivity contribution in [2.45, 2.75) is 26.7 Å². The second-order valence-electron chi connectivity index (χ2n) is 7.80. The average molecular weight is 378 g/mol. The van der Waals surface area contributed by atoms with Crippen LogP contribution in [0.2, 0.25) is 0 Å². The van der Waals surface area contributed by atoms with E-state index in [2.05, 4.69) is 74.3 Å². The number of pyridine rings is 2. The van der Waals surface area contributed by atoms with Crippen LogP contribution in [0.15, 0.2) is 77.5 Å². The molecule has 0 aliphatic rings. The van der Waals surface area contributed by atoms with Crippen LogP contribution in [0.25, 0.3) is 44.5 Å². The molecule has 0 aliphatic carbocycles. The van der Waals surface area contributed by atoms with E-state index in [1.54, 1.807) is 6.20 Å². The lowest BCUT2D eigenvalue weighted by Crippen LogP contribution is -1.90. The van der Waals surface area contributed by atoms with Crippen molar-refractivity contribution in [3.63, 3.8) is 0 Å². The van der Waals surface area contributed by atoms with Gasteiger partial charge in [0.05, 0.1) is 5.69 Å². The van der Waals surface area contributed by atoms with Gasteiger partial charge in [-0.15, -0.1) is 0 Å². The van der Waals surface area contributed by atoms with E-state index in [0.717, 1.165) is 38.7 Å². The van der Waals surface area contributed by atoms with Gasteiger partial charge in [-0.05, 0) is 47.7 Å². The highest BCUT2D eigenvalue weighted by molar-refractivity contribution is 6.08. The van der Waals surface area contributed by atoms with Crippen LogP contribution < -0.4 is 0 Å². The number of hydrogen-bond donors (Lipinski definition) is 0. The van der Waals surface area contributed by atoms with Gasteiger partial charge in [0, 0.05) is 34.3 Å². The number of hydrogen-bond acceptors (Lipinski definition) is 3. The van der Waals surface area contributed by atoms with E-state index in [1.807, 2.05) is 18.3 Å². The first-order valence-corrected chi connectivity index (χ1v) is 9.95. The van der Waals surface area contributed by atoms with Gasteiger partial charge < -0.3 is 4.42 Å². The molecule has 0 bridgehead atoms. The summed E-state index contributed by atoms with van der Waals surface area (Å²) in [7, 11) is 0. The van der Waals surface area contributed by atoms with E-state index in [-0.39, 0.29) is 0 Å². The minimum Gasteiger partial charge on any atom is -0.437 e. The summed E-state index contributed by atoms with van der Waals surface area (Å²) in [6, 6.07) is 21.1. The largest absolute Gasteiger partial charge is 0.437 e. The lowest BCUT2D eigenvalue weighted by atomic mass is 9.97. The van der Waals surface area contributed by atoms with Crippen LogP contribution in [0.1, 0.15) is 30.9 Å². The molecule has 29 heavy (non-hydrogen) atoms. The quantitative estimate of drug-likeness (QED) is 0.335. The molecule has 142 valence electrons. The molecule has 0 N–H and O–H groups in total. The predicted molar refractivity (Wildman–Crippen MR) is 119 cm³/mol. The van der Waals surface area contributed by atoms with Gasteiger partial charge in [0.1, 0.15) is 5.58 Å². The van der Waals surface area contributed by atoms with Crippen molar-refractivity contribution in [1.82, 2.24) is 9.97 Å². The number of nitrogens with zero attached hydrogens (tertiary/aromatic N) is 2. The third-order valence-corrected chi connectivity index (χ3v) is 5.53. The van der Waals surface area contributed by atoms with Crippen molar-refractivity contribution in [2.24, 2.45) is 0 Å². The Morgan fingerprint density at radius 1 is 0.828 bits per heavy atom. The van der Waals surface area contributed by atoms with Gasteiger partial charge in [-0.25, -0.2) is 4.98 Å². The van der Waals surface area contributed by atoms with E-state index in [0.29, 0.717) is 11.6 Å². The summed E-state index contributed by atoms with van der Waals surface area (Å²) < 4.78 is 6.12. The molecule has 3 nitrogen and oxygen atoms in total. The van der Waals surface area contributed by atoms with Crippen LogP contribution in [0, 0.1) is 6.92 Å². The summed E-state index contributed by atoms with van der Waals surface area (Å²) in [5.41, 5.74) is 8.24. The topological polar surface area (TPSA) is 38.9 Å². The maximum atomic E-state index is 6.12. The van der Waals surface area contributed by atoms with Crippen LogP contribution in [-0.4, -0.2) is 9.97 Å². The Balaban J connectivity index is 1.63. The van der Waals surface area contributed by atoms with Gasteiger partial charge in [-0.3, -0.25) is 4.98 Å². The Morgan fingerprint density at radius 2 is 1.72 bits per heavy atom. The molecule has 0 unspecified atom stereocenters. The molecule has 5 aromatic rings. The zero-order valence-electron chi connectivity index (χ0n) is 16.8. The number of aromatic nitrogens is 2. The van der Waals surface area contributed by atoms with Gasteiger partial charge in [-0.2, -0.15) is 0 Å². The van der Waals surface area contributed by atoms with Crippen LogP contribution >= 0.6 is 0 Å².